The van der Waals surface area contributed by atoms with Gasteiger partial charge in [-0.2, -0.15) is 9.57 Å². The highest BCUT2D eigenvalue weighted by atomic mass is 32.2. The Hall–Kier alpha value is -1.98. The van der Waals surface area contributed by atoms with Crippen LogP contribution in [0.3, 0.4) is 0 Å². The summed E-state index contributed by atoms with van der Waals surface area (Å²) in [4.78, 5) is 9.81. The Bertz CT molecular complexity index is 574. The van der Waals surface area contributed by atoms with Crippen molar-refractivity contribution in [2.75, 3.05) is 13.6 Å². The van der Waals surface area contributed by atoms with E-state index in [0.29, 0.717) is 0 Å². The predicted molar refractivity (Wildman–Crippen MR) is 63.1 cm³/mol. The largest absolute Gasteiger partial charge is 0.269 e. The second-order valence-corrected chi connectivity index (χ2v) is 5.53. The van der Waals surface area contributed by atoms with Crippen LogP contribution in [0.5, 0.6) is 0 Å². The van der Waals surface area contributed by atoms with E-state index in [2.05, 4.69) is 0 Å². The molecule has 96 valence electrons. The van der Waals surface area contributed by atoms with Crippen molar-refractivity contribution in [1.82, 2.24) is 4.31 Å². The highest BCUT2D eigenvalue weighted by molar-refractivity contribution is 7.89. The van der Waals surface area contributed by atoms with Gasteiger partial charge in [-0.25, -0.2) is 8.42 Å². The summed E-state index contributed by atoms with van der Waals surface area (Å²) in [6.07, 6.45) is 0.0860. The zero-order valence-electron chi connectivity index (χ0n) is 9.61. The van der Waals surface area contributed by atoms with Crippen LogP contribution in [0.1, 0.15) is 6.42 Å². The molecule has 0 aliphatic rings. The Morgan fingerprint density at radius 2 is 1.94 bits per heavy atom. The monoisotopic (exact) mass is 269 g/mol. The lowest BCUT2D eigenvalue weighted by Crippen LogP contribution is -2.27. The second-order valence-electron chi connectivity index (χ2n) is 3.49. The lowest BCUT2D eigenvalue weighted by atomic mass is 10.3. The first-order valence-corrected chi connectivity index (χ1v) is 6.41. The van der Waals surface area contributed by atoms with Crippen molar-refractivity contribution in [1.29, 1.82) is 5.26 Å². The standard InChI is InChI=1S/C10H11N3O4S/c1-12(8-2-7-11)18(16,17)10-5-3-9(4-6-10)13(14)15/h3-6H,2,8H2,1H3. The quantitative estimate of drug-likeness (QED) is 0.588. The van der Waals surface area contributed by atoms with Crippen LogP contribution in [0.4, 0.5) is 5.69 Å². The zero-order chi connectivity index (χ0) is 13.8. The number of hydrogen-bond donors (Lipinski definition) is 0. The Kier molecular flexibility index (Phi) is 4.36. The van der Waals surface area contributed by atoms with Gasteiger partial charge in [-0.3, -0.25) is 10.1 Å². The normalized spacial score (nSPS) is 11.2. The number of benzene rings is 1. The van der Waals surface area contributed by atoms with Gasteiger partial charge in [0, 0.05) is 32.1 Å². The Labute approximate surface area is 104 Å². The highest BCUT2D eigenvalue weighted by Crippen LogP contribution is 2.18. The molecule has 1 aromatic carbocycles. The number of rotatable bonds is 5. The lowest BCUT2D eigenvalue weighted by Gasteiger charge is -2.15. The lowest BCUT2D eigenvalue weighted by molar-refractivity contribution is -0.384. The van der Waals surface area contributed by atoms with Crippen molar-refractivity contribution in [2.45, 2.75) is 11.3 Å². The van der Waals surface area contributed by atoms with Crippen molar-refractivity contribution < 1.29 is 13.3 Å². The summed E-state index contributed by atoms with van der Waals surface area (Å²) in [7, 11) is -2.34. The predicted octanol–water partition coefficient (Wildman–Crippen LogP) is 1.13. The summed E-state index contributed by atoms with van der Waals surface area (Å²) in [5.41, 5.74) is -0.173. The van der Waals surface area contributed by atoms with Gasteiger partial charge in [-0.15, -0.1) is 0 Å². The second kappa shape index (κ2) is 5.57. The van der Waals surface area contributed by atoms with E-state index in [4.69, 9.17) is 5.26 Å². The van der Waals surface area contributed by atoms with E-state index in [1.165, 1.54) is 19.2 Å². The van der Waals surface area contributed by atoms with E-state index in [1.807, 2.05) is 6.07 Å². The van der Waals surface area contributed by atoms with Crippen LogP contribution in [-0.2, 0) is 10.0 Å². The van der Waals surface area contributed by atoms with E-state index < -0.39 is 14.9 Å². The van der Waals surface area contributed by atoms with Gasteiger partial charge in [0.2, 0.25) is 10.0 Å². The minimum Gasteiger partial charge on any atom is -0.258 e. The fourth-order valence-electron chi connectivity index (χ4n) is 1.25. The molecule has 0 saturated carbocycles. The molecule has 0 N–H and O–H groups in total. The number of non-ortho nitro benzene ring substituents is 1. The van der Waals surface area contributed by atoms with Gasteiger partial charge < -0.3 is 0 Å². The molecule has 1 aromatic rings. The smallest absolute Gasteiger partial charge is 0.258 e. The van der Waals surface area contributed by atoms with E-state index in [9.17, 15) is 18.5 Å². The van der Waals surface area contributed by atoms with Crippen LogP contribution in [-0.4, -0.2) is 31.2 Å². The SMILES string of the molecule is CN(CCC#N)S(=O)(=O)c1ccc([N+](=O)[O-])cc1. The van der Waals surface area contributed by atoms with Crippen molar-refractivity contribution in [3.05, 3.63) is 34.4 Å². The Balaban J connectivity index is 2.99. The third kappa shape index (κ3) is 3.03. The van der Waals surface area contributed by atoms with Gasteiger partial charge in [-0.1, -0.05) is 0 Å². The molecule has 1 rings (SSSR count). The summed E-state index contributed by atoms with van der Waals surface area (Å²) in [6, 6.07) is 6.46. The van der Waals surface area contributed by atoms with Gasteiger partial charge in [0.05, 0.1) is 15.9 Å². The molecule has 0 spiro atoms. The molecule has 8 heteroatoms. The first kappa shape index (κ1) is 14.1. The molecule has 0 aliphatic heterocycles. The topological polar surface area (TPSA) is 104 Å². The zero-order valence-corrected chi connectivity index (χ0v) is 10.4. The molecule has 0 radical (unpaired) electrons. The molecular formula is C10H11N3O4S. The van der Waals surface area contributed by atoms with Crippen molar-refractivity contribution in [2.24, 2.45) is 0 Å². The van der Waals surface area contributed by atoms with Gasteiger partial charge in [0.15, 0.2) is 0 Å². The first-order valence-electron chi connectivity index (χ1n) is 4.97. The van der Waals surface area contributed by atoms with Crippen molar-refractivity contribution in [3.63, 3.8) is 0 Å². The summed E-state index contributed by atoms with van der Waals surface area (Å²) in [5.74, 6) is 0. The summed E-state index contributed by atoms with van der Waals surface area (Å²) < 4.78 is 25.0. The minimum atomic E-state index is -3.69. The van der Waals surface area contributed by atoms with E-state index in [1.54, 1.807) is 0 Å². The fourth-order valence-corrected chi connectivity index (χ4v) is 2.42. The van der Waals surface area contributed by atoms with Crippen LogP contribution >= 0.6 is 0 Å². The third-order valence-electron chi connectivity index (χ3n) is 2.29. The van der Waals surface area contributed by atoms with Crippen LogP contribution in [0.2, 0.25) is 0 Å². The summed E-state index contributed by atoms with van der Waals surface area (Å²) in [6.45, 7) is 0.0792. The molecular weight excluding hydrogens is 258 g/mol. The number of nitro benzene ring substituents is 1. The third-order valence-corrected chi connectivity index (χ3v) is 4.17. The number of nitriles is 1. The fraction of sp³-hybridized carbons (Fsp3) is 0.300. The molecule has 0 fully saturated rings. The number of hydrogen-bond acceptors (Lipinski definition) is 5. The maximum Gasteiger partial charge on any atom is 0.269 e. The van der Waals surface area contributed by atoms with Crippen LogP contribution in [0, 0.1) is 21.4 Å². The average Bonchev–Trinajstić information content (AvgIpc) is 2.35. The average molecular weight is 269 g/mol. The molecule has 7 nitrogen and oxygen atoms in total. The molecule has 0 atom stereocenters. The van der Waals surface area contributed by atoms with Gasteiger partial charge >= 0.3 is 0 Å². The minimum absolute atomic E-state index is 0.0338. The van der Waals surface area contributed by atoms with Crippen molar-refractivity contribution in [3.8, 4) is 6.07 Å². The Morgan fingerprint density at radius 1 is 1.39 bits per heavy atom. The van der Waals surface area contributed by atoms with E-state index in [-0.39, 0.29) is 23.5 Å². The molecule has 0 unspecified atom stereocenters. The van der Waals surface area contributed by atoms with Crippen LogP contribution in [0.15, 0.2) is 29.2 Å². The Morgan fingerprint density at radius 3 is 2.39 bits per heavy atom. The van der Waals surface area contributed by atoms with Gasteiger partial charge in [0.1, 0.15) is 0 Å². The molecule has 0 saturated heterocycles. The molecule has 0 aromatic heterocycles. The van der Waals surface area contributed by atoms with Crippen molar-refractivity contribution >= 4 is 15.7 Å². The van der Waals surface area contributed by atoms with Gasteiger partial charge in [-0.05, 0) is 12.1 Å². The first-order chi connectivity index (χ1) is 8.39. The maximum absolute atomic E-state index is 12.0. The van der Waals surface area contributed by atoms with E-state index >= 15 is 0 Å². The number of sulfonamides is 1. The summed E-state index contributed by atoms with van der Waals surface area (Å²) >= 11 is 0. The van der Waals surface area contributed by atoms with E-state index in [0.717, 1.165) is 16.4 Å². The molecule has 0 aliphatic carbocycles. The number of nitrogens with zero attached hydrogens (tertiary/aromatic N) is 3. The molecule has 0 bridgehead atoms. The van der Waals surface area contributed by atoms with Gasteiger partial charge in [0.25, 0.3) is 5.69 Å². The molecule has 0 heterocycles. The molecule has 0 amide bonds. The number of nitro groups is 1. The van der Waals surface area contributed by atoms with Crippen LogP contribution < -0.4 is 0 Å². The van der Waals surface area contributed by atoms with Crippen LogP contribution in [0.25, 0.3) is 0 Å². The maximum atomic E-state index is 12.0. The highest BCUT2D eigenvalue weighted by Gasteiger charge is 2.21. The molecule has 18 heavy (non-hydrogen) atoms. The summed E-state index contributed by atoms with van der Waals surface area (Å²) in [5, 5.41) is 18.8.